The molecule has 1 aromatic heterocycles. The molecular weight excluding hydrogens is 176 g/mol. The van der Waals surface area contributed by atoms with Crippen LogP contribution in [0.15, 0.2) is 18.3 Å². The number of likely N-dealkylation sites (N-methyl/N-ethyl adjacent to an activating group) is 2. The summed E-state index contributed by atoms with van der Waals surface area (Å²) in [5.41, 5.74) is 6.54. The monoisotopic (exact) mass is 194 g/mol. The molecule has 0 spiro atoms. The number of rotatable bonds is 4. The molecule has 0 aromatic carbocycles. The summed E-state index contributed by atoms with van der Waals surface area (Å²) >= 11 is 0. The summed E-state index contributed by atoms with van der Waals surface area (Å²) in [5, 5.41) is 0. The second-order valence-corrected chi connectivity index (χ2v) is 3.64. The van der Waals surface area contributed by atoms with Crippen LogP contribution in [0.4, 0.5) is 11.5 Å². The van der Waals surface area contributed by atoms with Gasteiger partial charge in [-0.05, 0) is 26.2 Å². The molecule has 0 amide bonds. The first-order valence-electron chi connectivity index (χ1n) is 4.67. The van der Waals surface area contributed by atoms with E-state index in [2.05, 4.69) is 28.9 Å². The van der Waals surface area contributed by atoms with Crippen molar-refractivity contribution in [2.75, 3.05) is 44.9 Å². The van der Waals surface area contributed by atoms with Crippen LogP contribution in [-0.4, -0.2) is 44.1 Å². The number of aromatic nitrogens is 1. The molecule has 0 aliphatic rings. The maximum atomic E-state index is 5.81. The molecule has 1 aromatic rings. The lowest BCUT2D eigenvalue weighted by molar-refractivity contribution is 0.416. The van der Waals surface area contributed by atoms with E-state index in [1.54, 1.807) is 6.20 Å². The third kappa shape index (κ3) is 2.88. The Kier molecular flexibility index (Phi) is 3.71. The van der Waals surface area contributed by atoms with E-state index < -0.39 is 0 Å². The Morgan fingerprint density at radius 3 is 2.57 bits per heavy atom. The molecule has 0 saturated carbocycles. The average Bonchev–Trinajstić information content (AvgIpc) is 2.15. The molecule has 78 valence electrons. The van der Waals surface area contributed by atoms with Crippen molar-refractivity contribution in [3.8, 4) is 0 Å². The van der Waals surface area contributed by atoms with Gasteiger partial charge in [-0.2, -0.15) is 0 Å². The first-order chi connectivity index (χ1) is 6.61. The summed E-state index contributed by atoms with van der Waals surface area (Å²) in [6.07, 6.45) is 1.76. The number of anilines is 2. The van der Waals surface area contributed by atoms with Gasteiger partial charge in [0.1, 0.15) is 0 Å². The summed E-state index contributed by atoms with van der Waals surface area (Å²) in [6.45, 7) is 1.92. The van der Waals surface area contributed by atoms with Gasteiger partial charge in [-0.1, -0.05) is 0 Å². The third-order valence-corrected chi connectivity index (χ3v) is 2.06. The van der Waals surface area contributed by atoms with Gasteiger partial charge in [0.15, 0.2) is 5.82 Å². The number of nitrogens with zero attached hydrogens (tertiary/aromatic N) is 3. The lowest BCUT2D eigenvalue weighted by Crippen LogP contribution is -2.29. The maximum absolute atomic E-state index is 5.81. The number of hydrogen-bond donors (Lipinski definition) is 1. The Morgan fingerprint density at radius 2 is 2.00 bits per heavy atom. The van der Waals surface area contributed by atoms with Gasteiger partial charge in [0.2, 0.25) is 0 Å². The van der Waals surface area contributed by atoms with Gasteiger partial charge in [0.05, 0.1) is 5.69 Å². The maximum Gasteiger partial charge on any atom is 0.151 e. The highest BCUT2D eigenvalue weighted by Crippen LogP contribution is 2.16. The van der Waals surface area contributed by atoms with Crippen LogP contribution in [0.5, 0.6) is 0 Å². The van der Waals surface area contributed by atoms with E-state index in [-0.39, 0.29) is 0 Å². The van der Waals surface area contributed by atoms with Crippen LogP contribution in [-0.2, 0) is 0 Å². The zero-order chi connectivity index (χ0) is 10.6. The SMILES string of the molecule is CN(C)CCN(C)c1ncccc1N. The van der Waals surface area contributed by atoms with Crippen molar-refractivity contribution >= 4 is 11.5 Å². The van der Waals surface area contributed by atoms with E-state index in [1.165, 1.54) is 0 Å². The Hall–Kier alpha value is -1.29. The molecule has 4 heteroatoms. The summed E-state index contributed by atoms with van der Waals surface area (Å²) in [4.78, 5) is 8.44. The molecule has 0 unspecified atom stereocenters. The molecule has 0 aliphatic carbocycles. The van der Waals surface area contributed by atoms with E-state index in [9.17, 15) is 0 Å². The van der Waals surface area contributed by atoms with Crippen molar-refractivity contribution in [1.82, 2.24) is 9.88 Å². The number of nitrogens with two attached hydrogens (primary N) is 1. The van der Waals surface area contributed by atoms with Crippen molar-refractivity contribution in [3.05, 3.63) is 18.3 Å². The van der Waals surface area contributed by atoms with E-state index in [1.807, 2.05) is 19.2 Å². The van der Waals surface area contributed by atoms with Crippen molar-refractivity contribution in [2.45, 2.75) is 0 Å². The Morgan fingerprint density at radius 1 is 1.29 bits per heavy atom. The van der Waals surface area contributed by atoms with Crippen molar-refractivity contribution in [1.29, 1.82) is 0 Å². The zero-order valence-electron chi connectivity index (χ0n) is 9.07. The van der Waals surface area contributed by atoms with Gasteiger partial charge in [-0.25, -0.2) is 4.98 Å². The summed E-state index contributed by atoms with van der Waals surface area (Å²) in [6, 6.07) is 3.72. The normalized spacial score (nSPS) is 10.6. The minimum Gasteiger partial charge on any atom is -0.396 e. The smallest absolute Gasteiger partial charge is 0.151 e. The zero-order valence-corrected chi connectivity index (χ0v) is 9.07. The molecule has 0 bridgehead atoms. The van der Waals surface area contributed by atoms with Gasteiger partial charge >= 0.3 is 0 Å². The van der Waals surface area contributed by atoms with Crippen LogP contribution in [0.1, 0.15) is 0 Å². The quantitative estimate of drug-likeness (QED) is 0.765. The molecule has 1 heterocycles. The second-order valence-electron chi connectivity index (χ2n) is 3.64. The van der Waals surface area contributed by atoms with E-state index in [0.717, 1.165) is 24.6 Å². The molecule has 0 atom stereocenters. The van der Waals surface area contributed by atoms with Crippen LogP contribution in [0, 0.1) is 0 Å². The lowest BCUT2D eigenvalue weighted by atomic mass is 10.3. The molecule has 0 aliphatic heterocycles. The van der Waals surface area contributed by atoms with Crippen LogP contribution in [0.25, 0.3) is 0 Å². The molecule has 14 heavy (non-hydrogen) atoms. The van der Waals surface area contributed by atoms with Crippen molar-refractivity contribution in [2.24, 2.45) is 0 Å². The minimum atomic E-state index is 0.730. The van der Waals surface area contributed by atoms with Gasteiger partial charge in [0.25, 0.3) is 0 Å². The van der Waals surface area contributed by atoms with Crippen LogP contribution in [0.3, 0.4) is 0 Å². The molecular formula is C10H18N4. The van der Waals surface area contributed by atoms with Crippen molar-refractivity contribution < 1.29 is 0 Å². The highest BCUT2D eigenvalue weighted by Gasteiger charge is 2.05. The Labute approximate surface area is 85.3 Å². The minimum absolute atomic E-state index is 0.730. The molecule has 0 saturated heterocycles. The Bertz CT molecular complexity index is 285. The van der Waals surface area contributed by atoms with Gasteiger partial charge in [-0.3, -0.25) is 0 Å². The van der Waals surface area contributed by atoms with Crippen LogP contribution >= 0.6 is 0 Å². The summed E-state index contributed by atoms with van der Waals surface area (Å²) in [7, 11) is 6.10. The average molecular weight is 194 g/mol. The molecule has 2 N–H and O–H groups in total. The van der Waals surface area contributed by atoms with E-state index in [0.29, 0.717) is 0 Å². The van der Waals surface area contributed by atoms with E-state index in [4.69, 9.17) is 5.73 Å². The standard InChI is InChI=1S/C10H18N4/c1-13(2)7-8-14(3)10-9(11)5-4-6-12-10/h4-6H,7-8,11H2,1-3H3. The van der Waals surface area contributed by atoms with Gasteiger partial charge < -0.3 is 15.5 Å². The van der Waals surface area contributed by atoms with Crippen LogP contribution in [0.2, 0.25) is 0 Å². The first-order valence-corrected chi connectivity index (χ1v) is 4.67. The molecule has 0 fully saturated rings. The third-order valence-electron chi connectivity index (χ3n) is 2.06. The summed E-state index contributed by atoms with van der Waals surface area (Å²) in [5.74, 6) is 0.856. The highest BCUT2D eigenvalue weighted by molar-refractivity contribution is 5.61. The number of nitrogen functional groups attached to an aromatic ring is 1. The fraction of sp³-hybridized carbons (Fsp3) is 0.500. The Balaban J connectivity index is 2.60. The first kappa shape index (κ1) is 10.8. The lowest BCUT2D eigenvalue weighted by Gasteiger charge is -2.21. The predicted molar refractivity (Wildman–Crippen MR) is 60.5 cm³/mol. The van der Waals surface area contributed by atoms with Gasteiger partial charge in [-0.15, -0.1) is 0 Å². The van der Waals surface area contributed by atoms with Gasteiger partial charge in [0, 0.05) is 26.3 Å². The fourth-order valence-electron chi connectivity index (χ4n) is 1.18. The second kappa shape index (κ2) is 4.81. The predicted octanol–water partition coefficient (Wildman–Crippen LogP) is 0.662. The number of pyridine rings is 1. The van der Waals surface area contributed by atoms with Crippen molar-refractivity contribution in [3.63, 3.8) is 0 Å². The summed E-state index contributed by atoms with van der Waals surface area (Å²) < 4.78 is 0. The molecule has 4 nitrogen and oxygen atoms in total. The molecule has 1 rings (SSSR count). The largest absolute Gasteiger partial charge is 0.396 e. The molecule has 0 radical (unpaired) electrons. The van der Waals surface area contributed by atoms with E-state index >= 15 is 0 Å². The number of hydrogen-bond acceptors (Lipinski definition) is 4. The topological polar surface area (TPSA) is 45.4 Å². The van der Waals surface area contributed by atoms with Crippen LogP contribution < -0.4 is 10.6 Å². The highest BCUT2D eigenvalue weighted by atomic mass is 15.2. The fourth-order valence-corrected chi connectivity index (χ4v) is 1.18.